The second kappa shape index (κ2) is 5.96. The van der Waals surface area contributed by atoms with E-state index in [1.807, 2.05) is 18.2 Å². The average molecular weight is 360 g/mol. The van der Waals surface area contributed by atoms with Gasteiger partial charge in [-0.2, -0.15) is 0 Å². The molecule has 1 saturated carbocycles. The Kier molecular flexibility index (Phi) is 4.42. The van der Waals surface area contributed by atoms with Gasteiger partial charge in [0.15, 0.2) is 0 Å². The molecule has 0 bridgehead atoms. The van der Waals surface area contributed by atoms with E-state index < -0.39 is 6.10 Å². The second-order valence-electron chi connectivity index (χ2n) is 6.10. The molecule has 1 N–H and O–H groups in total. The van der Waals surface area contributed by atoms with Gasteiger partial charge < -0.3 is 9.84 Å². The van der Waals surface area contributed by atoms with Crippen LogP contribution in [0.4, 0.5) is 0 Å². The van der Waals surface area contributed by atoms with Crippen molar-refractivity contribution in [2.24, 2.45) is 5.92 Å². The van der Waals surface area contributed by atoms with Crippen LogP contribution in [0.15, 0.2) is 22.7 Å². The fourth-order valence-electron chi connectivity index (χ4n) is 3.70. The number of benzene rings is 1. The SMILES string of the molecule is OC(c1ccc(Br)cc1Cl)C1CCOC2(CCCC2)C1. The molecule has 1 aromatic carbocycles. The van der Waals surface area contributed by atoms with E-state index in [1.54, 1.807) is 0 Å². The third-order valence-corrected chi connectivity index (χ3v) is 5.59. The van der Waals surface area contributed by atoms with Crippen LogP contribution >= 0.6 is 27.5 Å². The molecule has 4 heteroatoms. The fraction of sp³-hybridized carbons (Fsp3) is 0.625. The largest absolute Gasteiger partial charge is 0.388 e. The fourth-order valence-corrected chi connectivity index (χ4v) is 4.48. The smallest absolute Gasteiger partial charge is 0.0834 e. The first-order valence-corrected chi connectivity index (χ1v) is 8.54. The topological polar surface area (TPSA) is 29.5 Å². The Labute approximate surface area is 133 Å². The van der Waals surface area contributed by atoms with Gasteiger partial charge in [0, 0.05) is 16.1 Å². The standard InChI is InChI=1S/C16H20BrClO2/c17-12-3-4-13(14(18)9-12)15(19)11-5-8-20-16(10-11)6-1-2-7-16/h3-4,9,11,15,19H,1-2,5-8,10H2. The minimum atomic E-state index is -0.489. The number of aliphatic hydroxyl groups is 1. The Hall–Kier alpha value is -0.0900. The van der Waals surface area contributed by atoms with E-state index in [9.17, 15) is 5.11 Å². The van der Waals surface area contributed by atoms with Crippen LogP contribution in [0.2, 0.25) is 5.02 Å². The van der Waals surface area contributed by atoms with Gasteiger partial charge in [-0.3, -0.25) is 0 Å². The predicted molar refractivity (Wildman–Crippen MR) is 84.0 cm³/mol. The van der Waals surface area contributed by atoms with Crippen LogP contribution in [0, 0.1) is 5.92 Å². The van der Waals surface area contributed by atoms with E-state index >= 15 is 0 Å². The summed E-state index contributed by atoms with van der Waals surface area (Å²) in [6.45, 7) is 0.760. The Balaban J connectivity index is 1.77. The van der Waals surface area contributed by atoms with Crippen LogP contribution < -0.4 is 0 Å². The normalized spacial score (nSPS) is 26.9. The molecule has 1 aromatic rings. The van der Waals surface area contributed by atoms with E-state index in [0.717, 1.165) is 42.3 Å². The van der Waals surface area contributed by atoms with Crippen molar-refractivity contribution < 1.29 is 9.84 Å². The highest BCUT2D eigenvalue weighted by Gasteiger charge is 2.42. The summed E-state index contributed by atoms with van der Waals surface area (Å²) in [5.74, 6) is 0.250. The van der Waals surface area contributed by atoms with Crippen molar-refractivity contribution in [3.8, 4) is 0 Å². The minimum Gasteiger partial charge on any atom is -0.388 e. The van der Waals surface area contributed by atoms with Crippen molar-refractivity contribution in [3.63, 3.8) is 0 Å². The van der Waals surface area contributed by atoms with Crippen LogP contribution in [0.1, 0.15) is 50.2 Å². The first-order valence-electron chi connectivity index (χ1n) is 7.37. The number of halogens is 2. The van der Waals surface area contributed by atoms with Gasteiger partial charge >= 0.3 is 0 Å². The molecule has 2 aliphatic rings. The number of aliphatic hydroxyl groups excluding tert-OH is 1. The summed E-state index contributed by atoms with van der Waals surface area (Å²) in [4.78, 5) is 0. The van der Waals surface area contributed by atoms with Gasteiger partial charge in [0.2, 0.25) is 0 Å². The first kappa shape index (κ1) is 14.8. The Morgan fingerprint density at radius 3 is 2.80 bits per heavy atom. The maximum Gasteiger partial charge on any atom is 0.0834 e. The molecular weight excluding hydrogens is 340 g/mol. The van der Waals surface area contributed by atoms with Crippen LogP contribution in [-0.2, 0) is 4.74 Å². The molecule has 0 amide bonds. The van der Waals surface area contributed by atoms with E-state index in [2.05, 4.69) is 15.9 Å². The quantitative estimate of drug-likeness (QED) is 0.816. The molecule has 2 nitrogen and oxygen atoms in total. The molecule has 1 heterocycles. The zero-order chi connectivity index (χ0) is 14.2. The molecule has 0 aromatic heterocycles. The summed E-state index contributed by atoms with van der Waals surface area (Å²) < 4.78 is 6.98. The average Bonchev–Trinajstić information content (AvgIpc) is 2.86. The lowest BCUT2D eigenvalue weighted by Crippen LogP contribution is -2.39. The van der Waals surface area contributed by atoms with E-state index in [1.165, 1.54) is 12.8 Å². The number of hydrogen-bond donors (Lipinski definition) is 1. The summed E-state index contributed by atoms with van der Waals surface area (Å²) >= 11 is 9.68. The van der Waals surface area contributed by atoms with Gasteiger partial charge in [-0.15, -0.1) is 0 Å². The molecule has 2 atom stereocenters. The molecule has 110 valence electrons. The molecular formula is C16H20BrClO2. The lowest BCUT2D eigenvalue weighted by Gasteiger charge is -2.40. The Morgan fingerprint density at radius 2 is 2.10 bits per heavy atom. The molecule has 0 radical (unpaired) electrons. The van der Waals surface area contributed by atoms with Crippen molar-refractivity contribution in [2.45, 2.75) is 50.2 Å². The lowest BCUT2D eigenvalue weighted by molar-refractivity contribution is -0.113. The lowest BCUT2D eigenvalue weighted by atomic mass is 9.80. The Morgan fingerprint density at radius 1 is 1.35 bits per heavy atom. The van der Waals surface area contributed by atoms with Gasteiger partial charge in [-0.1, -0.05) is 46.4 Å². The van der Waals surface area contributed by atoms with Crippen LogP contribution in [0.5, 0.6) is 0 Å². The summed E-state index contributed by atoms with van der Waals surface area (Å²) in [7, 11) is 0. The third-order valence-electron chi connectivity index (χ3n) is 4.77. The van der Waals surface area contributed by atoms with Crippen molar-refractivity contribution in [1.82, 2.24) is 0 Å². The number of ether oxygens (including phenoxy) is 1. The molecule has 20 heavy (non-hydrogen) atoms. The summed E-state index contributed by atoms with van der Waals surface area (Å²) in [6, 6.07) is 5.72. The van der Waals surface area contributed by atoms with E-state index in [0.29, 0.717) is 5.02 Å². The van der Waals surface area contributed by atoms with Crippen LogP contribution in [-0.4, -0.2) is 17.3 Å². The zero-order valence-electron chi connectivity index (χ0n) is 11.4. The highest BCUT2D eigenvalue weighted by molar-refractivity contribution is 9.10. The Bertz CT molecular complexity index is 485. The molecule has 1 aliphatic heterocycles. The van der Waals surface area contributed by atoms with Gasteiger partial charge in [0.1, 0.15) is 0 Å². The molecule has 3 rings (SSSR count). The zero-order valence-corrected chi connectivity index (χ0v) is 13.8. The molecule has 2 fully saturated rings. The molecule has 1 saturated heterocycles. The van der Waals surface area contributed by atoms with E-state index in [-0.39, 0.29) is 11.5 Å². The van der Waals surface area contributed by atoms with Gasteiger partial charge in [-0.25, -0.2) is 0 Å². The molecule has 2 unspecified atom stereocenters. The number of rotatable bonds is 2. The predicted octanol–water partition coefficient (Wildman–Crippen LogP) is 4.88. The van der Waals surface area contributed by atoms with E-state index in [4.69, 9.17) is 16.3 Å². The number of hydrogen-bond acceptors (Lipinski definition) is 2. The summed E-state index contributed by atoms with van der Waals surface area (Å²) in [5.41, 5.74) is 0.876. The highest BCUT2D eigenvalue weighted by atomic mass is 79.9. The molecule has 1 spiro atoms. The monoisotopic (exact) mass is 358 g/mol. The van der Waals surface area contributed by atoms with Gasteiger partial charge in [-0.05, 0) is 49.3 Å². The maximum absolute atomic E-state index is 10.7. The van der Waals surface area contributed by atoms with Gasteiger partial charge in [0.05, 0.1) is 11.7 Å². The van der Waals surface area contributed by atoms with Crippen molar-refractivity contribution in [2.75, 3.05) is 6.61 Å². The first-order chi connectivity index (χ1) is 9.60. The maximum atomic E-state index is 10.7. The van der Waals surface area contributed by atoms with Crippen LogP contribution in [0.25, 0.3) is 0 Å². The summed E-state index contributed by atoms with van der Waals surface area (Å²) in [5, 5.41) is 11.3. The van der Waals surface area contributed by atoms with Crippen molar-refractivity contribution in [3.05, 3.63) is 33.3 Å². The van der Waals surface area contributed by atoms with Gasteiger partial charge in [0.25, 0.3) is 0 Å². The van der Waals surface area contributed by atoms with Crippen molar-refractivity contribution in [1.29, 1.82) is 0 Å². The molecule has 1 aliphatic carbocycles. The van der Waals surface area contributed by atoms with Crippen molar-refractivity contribution >= 4 is 27.5 Å². The van der Waals surface area contributed by atoms with Crippen LogP contribution in [0.3, 0.4) is 0 Å². The third kappa shape index (κ3) is 2.92. The highest BCUT2D eigenvalue weighted by Crippen LogP contribution is 2.46. The summed E-state index contributed by atoms with van der Waals surface area (Å²) in [6.07, 6.45) is 6.17. The minimum absolute atomic E-state index is 0.0335. The second-order valence-corrected chi connectivity index (χ2v) is 7.43.